The Morgan fingerprint density at radius 3 is 2.69 bits per heavy atom. The van der Waals surface area contributed by atoms with Crippen molar-refractivity contribution in [1.82, 2.24) is 14.7 Å². The predicted molar refractivity (Wildman–Crippen MR) is 105 cm³/mol. The first kappa shape index (κ1) is 18.1. The second kappa shape index (κ2) is 7.29. The second-order valence-electron chi connectivity index (χ2n) is 6.76. The summed E-state index contributed by atoms with van der Waals surface area (Å²) in [7, 11) is 0. The highest BCUT2D eigenvalue weighted by Gasteiger charge is 2.18. The van der Waals surface area contributed by atoms with Gasteiger partial charge in [-0.2, -0.15) is 0 Å². The van der Waals surface area contributed by atoms with E-state index < -0.39 is 0 Å². The van der Waals surface area contributed by atoms with E-state index in [9.17, 15) is 9.59 Å². The number of carbonyl (C=O) groups is 1. The van der Waals surface area contributed by atoms with Gasteiger partial charge in [-0.15, -0.1) is 11.3 Å². The molecule has 2 N–H and O–H groups in total. The van der Waals surface area contributed by atoms with Crippen LogP contribution >= 0.6 is 11.3 Å². The van der Waals surface area contributed by atoms with Crippen LogP contribution in [0.25, 0.3) is 4.96 Å². The van der Waals surface area contributed by atoms with Crippen molar-refractivity contribution in [2.24, 2.45) is 0 Å². The van der Waals surface area contributed by atoms with E-state index >= 15 is 0 Å². The molecular weight excluding hydrogens is 348 g/mol. The third-order valence-electron chi connectivity index (χ3n) is 4.31. The lowest BCUT2D eigenvalue weighted by Crippen LogP contribution is -2.42. The molecule has 3 aromatic rings. The highest BCUT2D eigenvalue weighted by molar-refractivity contribution is 7.15. The van der Waals surface area contributed by atoms with Gasteiger partial charge in [-0.25, -0.2) is 4.98 Å². The number of thiazole rings is 1. The molecule has 0 atom stereocenters. The van der Waals surface area contributed by atoms with Gasteiger partial charge in [0.25, 0.3) is 11.5 Å². The molecule has 1 aromatic carbocycles. The minimum Gasteiger partial charge on any atom is -0.379 e. The number of nitrogens with one attached hydrogen (secondary N) is 2. The van der Waals surface area contributed by atoms with Crippen molar-refractivity contribution in [2.45, 2.75) is 39.3 Å². The number of aromatic nitrogens is 2. The Labute approximate surface area is 155 Å². The monoisotopic (exact) mass is 370 g/mol. The third kappa shape index (κ3) is 4.11. The minimum absolute atomic E-state index is 0.0822. The molecule has 0 aliphatic carbocycles. The van der Waals surface area contributed by atoms with Crippen molar-refractivity contribution in [3.8, 4) is 0 Å². The van der Waals surface area contributed by atoms with Gasteiger partial charge in [0, 0.05) is 34.4 Å². The van der Waals surface area contributed by atoms with Crippen LogP contribution in [0.5, 0.6) is 0 Å². The maximum atomic E-state index is 12.3. The molecule has 0 bridgehead atoms. The number of anilines is 1. The number of fused-ring (bicyclic) bond motifs is 1. The van der Waals surface area contributed by atoms with E-state index in [1.807, 2.05) is 38.3 Å². The minimum atomic E-state index is -0.228. The summed E-state index contributed by atoms with van der Waals surface area (Å²) in [6.07, 6.45) is 2.58. The van der Waals surface area contributed by atoms with Gasteiger partial charge in [0.2, 0.25) is 0 Å². The van der Waals surface area contributed by atoms with Crippen LogP contribution in [0.3, 0.4) is 0 Å². The fourth-order valence-corrected chi connectivity index (χ4v) is 3.12. The Balaban J connectivity index is 1.65. The van der Waals surface area contributed by atoms with Crippen LogP contribution in [0.2, 0.25) is 0 Å². The van der Waals surface area contributed by atoms with Crippen molar-refractivity contribution in [2.75, 3.05) is 5.32 Å². The number of hydrogen-bond donors (Lipinski definition) is 2. The molecule has 0 aliphatic heterocycles. The van der Waals surface area contributed by atoms with Gasteiger partial charge >= 0.3 is 0 Å². The third-order valence-corrected chi connectivity index (χ3v) is 5.07. The van der Waals surface area contributed by atoms with Crippen LogP contribution in [0.15, 0.2) is 46.7 Å². The SMILES string of the molecule is CCC(C)(C)NC(=O)c1ccc(NCc2cc(=O)n3ccsc3n2)cc1. The van der Waals surface area contributed by atoms with Crippen molar-refractivity contribution in [3.05, 3.63) is 63.5 Å². The highest BCUT2D eigenvalue weighted by Crippen LogP contribution is 2.14. The van der Waals surface area contributed by atoms with Gasteiger partial charge in [-0.05, 0) is 44.5 Å². The maximum Gasteiger partial charge on any atom is 0.258 e. The van der Waals surface area contributed by atoms with Gasteiger partial charge in [0.15, 0.2) is 4.96 Å². The molecule has 26 heavy (non-hydrogen) atoms. The topological polar surface area (TPSA) is 75.5 Å². The summed E-state index contributed by atoms with van der Waals surface area (Å²) in [6.45, 7) is 6.49. The normalized spacial score (nSPS) is 11.5. The molecule has 3 rings (SSSR count). The Morgan fingerprint density at radius 1 is 1.27 bits per heavy atom. The van der Waals surface area contributed by atoms with Crippen LogP contribution < -0.4 is 16.2 Å². The van der Waals surface area contributed by atoms with E-state index in [-0.39, 0.29) is 17.0 Å². The molecule has 0 fully saturated rings. The fraction of sp³-hybridized carbons (Fsp3) is 0.316. The average Bonchev–Trinajstić information content (AvgIpc) is 3.09. The molecule has 7 heteroatoms. The van der Waals surface area contributed by atoms with Crippen LogP contribution in [-0.4, -0.2) is 20.8 Å². The highest BCUT2D eigenvalue weighted by atomic mass is 32.1. The van der Waals surface area contributed by atoms with E-state index in [2.05, 4.69) is 15.6 Å². The van der Waals surface area contributed by atoms with E-state index in [0.29, 0.717) is 22.8 Å². The summed E-state index contributed by atoms with van der Waals surface area (Å²) < 4.78 is 1.53. The number of amides is 1. The lowest BCUT2D eigenvalue weighted by molar-refractivity contribution is 0.0911. The quantitative estimate of drug-likeness (QED) is 0.698. The standard InChI is InChI=1S/C19H22N4O2S/c1-4-19(2,3)22-17(25)13-5-7-14(8-6-13)20-12-15-11-16(24)23-9-10-26-18(23)21-15/h5-11,20H,4,12H2,1-3H3,(H,22,25). The van der Waals surface area contributed by atoms with Crippen molar-refractivity contribution in [3.63, 3.8) is 0 Å². The predicted octanol–water partition coefficient (Wildman–Crippen LogP) is 3.29. The number of benzene rings is 1. The second-order valence-corrected chi connectivity index (χ2v) is 7.64. The van der Waals surface area contributed by atoms with E-state index in [0.717, 1.165) is 12.1 Å². The molecule has 0 spiro atoms. The average molecular weight is 370 g/mol. The Morgan fingerprint density at radius 2 is 2.00 bits per heavy atom. The zero-order valence-electron chi connectivity index (χ0n) is 15.1. The number of rotatable bonds is 6. The summed E-state index contributed by atoms with van der Waals surface area (Å²) in [5.41, 5.74) is 1.86. The summed E-state index contributed by atoms with van der Waals surface area (Å²) in [4.78, 5) is 29.4. The maximum absolute atomic E-state index is 12.3. The smallest absolute Gasteiger partial charge is 0.258 e. The van der Waals surface area contributed by atoms with Gasteiger partial charge in [-0.1, -0.05) is 6.92 Å². The van der Waals surface area contributed by atoms with Crippen LogP contribution in [0.1, 0.15) is 43.2 Å². The van der Waals surface area contributed by atoms with E-state index in [1.54, 1.807) is 18.3 Å². The first-order chi connectivity index (χ1) is 12.4. The zero-order chi connectivity index (χ0) is 18.7. The van der Waals surface area contributed by atoms with Crippen molar-refractivity contribution >= 4 is 27.9 Å². The van der Waals surface area contributed by atoms with Gasteiger partial charge in [0.1, 0.15) is 0 Å². The number of nitrogens with zero attached hydrogens (tertiary/aromatic N) is 2. The molecule has 1 amide bonds. The largest absolute Gasteiger partial charge is 0.379 e. The first-order valence-electron chi connectivity index (χ1n) is 8.50. The summed E-state index contributed by atoms with van der Waals surface area (Å²) >= 11 is 1.43. The molecule has 0 radical (unpaired) electrons. The van der Waals surface area contributed by atoms with Gasteiger partial charge in [-0.3, -0.25) is 14.0 Å². The Bertz CT molecular complexity index is 973. The lowest BCUT2D eigenvalue weighted by Gasteiger charge is -2.24. The van der Waals surface area contributed by atoms with Crippen molar-refractivity contribution in [1.29, 1.82) is 0 Å². The summed E-state index contributed by atoms with van der Waals surface area (Å²) in [6, 6.07) is 8.80. The van der Waals surface area contributed by atoms with Gasteiger partial charge in [0.05, 0.1) is 12.2 Å². The molecule has 2 heterocycles. The van der Waals surface area contributed by atoms with Crippen molar-refractivity contribution < 1.29 is 4.79 Å². The molecule has 0 aliphatic rings. The van der Waals surface area contributed by atoms with E-state index in [1.165, 1.54) is 21.8 Å². The molecule has 0 saturated heterocycles. The van der Waals surface area contributed by atoms with E-state index in [4.69, 9.17) is 0 Å². The molecule has 0 saturated carbocycles. The van der Waals surface area contributed by atoms with Crippen LogP contribution in [-0.2, 0) is 6.54 Å². The fourth-order valence-electron chi connectivity index (χ4n) is 2.38. The summed E-state index contributed by atoms with van der Waals surface area (Å²) in [5, 5.41) is 8.09. The van der Waals surface area contributed by atoms with Gasteiger partial charge < -0.3 is 10.6 Å². The first-order valence-corrected chi connectivity index (χ1v) is 9.38. The lowest BCUT2D eigenvalue weighted by atomic mass is 10.0. The Hall–Kier alpha value is -2.67. The van der Waals surface area contributed by atoms with Crippen LogP contribution in [0, 0.1) is 0 Å². The molecule has 136 valence electrons. The summed E-state index contributed by atoms with van der Waals surface area (Å²) in [5.74, 6) is -0.0822. The Kier molecular flexibility index (Phi) is 5.08. The molecule has 0 unspecified atom stereocenters. The van der Waals surface area contributed by atoms with Crippen LogP contribution in [0.4, 0.5) is 5.69 Å². The molecular formula is C19H22N4O2S. The number of hydrogen-bond acceptors (Lipinski definition) is 5. The molecule has 2 aromatic heterocycles. The zero-order valence-corrected chi connectivity index (χ0v) is 15.9. The molecule has 6 nitrogen and oxygen atoms in total. The number of carbonyl (C=O) groups excluding carboxylic acids is 1.